The van der Waals surface area contributed by atoms with Crippen molar-refractivity contribution in [2.24, 2.45) is 5.92 Å². The molecule has 0 spiro atoms. The van der Waals surface area contributed by atoms with Gasteiger partial charge < -0.3 is 10.6 Å². The first-order valence-electron chi connectivity index (χ1n) is 6.01. The fraction of sp³-hybridized carbons (Fsp3) is 0.900. The molecule has 1 aliphatic rings. The molecular formula is C10H21N3O3S. The predicted octanol–water partition coefficient (Wildman–Crippen LogP) is -0.958. The van der Waals surface area contributed by atoms with Crippen LogP contribution in [0.4, 0.5) is 0 Å². The molecule has 100 valence electrons. The quantitative estimate of drug-likeness (QED) is 0.576. The topological polar surface area (TPSA) is 87.3 Å². The first-order valence-corrected chi connectivity index (χ1v) is 7.66. The van der Waals surface area contributed by atoms with Gasteiger partial charge >= 0.3 is 0 Å². The molecular weight excluding hydrogens is 242 g/mol. The molecule has 0 atom stereocenters. The van der Waals surface area contributed by atoms with Gasteiger partial charge in [0.05, 0.1) is 5.75 Å². The van der Waals surface area contributed by atoms with Crippen LogP contribution in [0.1, 0.15) is 19.8 Å². The number of nitrogens with one attached hydrogen (secondary N) is 3. The van der Waals surface area contributed by atoms with Crippen LogP contribution in [0.3, 0.4) is 0 Å². The monoisotopic (exact) mass is 263 g/mol. The number of carbonyl (C=O) groups excluding carboxylic acids is 1. The van der Waals surface area contributed by atoms with Crippen molar-refractivity contribution in [2.45, 2.75) is 19.8 Å². The van der Waals surface area contributed by atoms with Crippen LogP contribution in [0.15, 0.2) is 0 Å². The Morgan fingerprint density at radius 1 is 1.35 bits per heavy atom. The lowest BCUT2D eigenvalue weighted by atomic mass is 9.97. The predicted molar refractivity (Wildman–Crippen MR) is 66.1 cm³/mol. The normalized spacial score (nSPS) is 17.9. The van der Waals surface area contributed by atoms with Crippen molar-refractivity contribution < 1.29 is 13.2 Å². The molecule has 0 aromatic heterocycles. The maximum Gasteiger partial charge on any atom is 0.223 e. The van der Waals surface area contributed by atoms with Crippen molar-refractivity contribution >= 4 is 15.9 Å². The molecule has 0 bridgehead atoms. The molecule has 1 rings (SSSR count). The van der Waals surface area contributed by atoms with Gasteiger partial charge in [0, 0.05) is 19.0 Å². The summed E-state index contributed by atoms with van der Waals surface area (Å²) >= 11 is 0. The second kappa shape index (κ2) is 6.93. The van der Waals surface area contributed by atoms with E-state index < -0.39 is 10.0 Å². The molecule has 0 saturated carbocycles. The smallest absolute Gasteiger partial charge is 0.223 e. The van der Waals surface area contributed by atoms with Crippen LogP contribution in [0.5, 0.6) is 0 Å². The van der Waals surface area contributed by atoms with Gasteiger partial charge in [-0.2, -0.15) is 0 Å². The highest BCUT2D eigenvalue weighted by atomic mass is 32.2. The average molecular weight is 263 g/mol. The molecule has 1 heterocycles. The zero-order valence-electron chi connectivity index (χ0n) is 10.2. The van der Waals surface area contributed by atoms with Crippen LogP contribution in [0.25, 0.3) is 0 Å². The van der Waals surface area contributed by atoms with Gasteiger partial charge in [0.15, 0.2) is 0 Å². The van der Waals surface area contributed by atoms with Crippen LogP contribution in [0, 0.1) is 5.92 Å². The van der Waals surface area contributed by atoms with Crippen LogP contribution >= 0.6 is 0 Å². The Balaban J connectivity index is 2.24. The molecule has 1 aliphatic heterocycles. The van der Waals surface area contributed by atoms with Crippen LogP contribution in [-0.4, -0.2) is 46.3 Å². The van der Waals surface area contributed by atoms with Gasteiger partial charge in [-0.3, -0.25) is 4.79 Å². The van der Waals surface area contributed by atoms with Gasteiger partial charge in [-0.1, -0.05) is 6.92 Å². The second-order valence-corrected chi connectivity index (χ2v) is 6.06. The largest absolute Gasteiger partial charge is 0.355 e. The number of piperidine rings is 1. The summed E-state index contributed by atoms with van der Waals surface area (Å²) in [6.45, 7) is 4.00. The minimum Gasteiger partial charge on any atom is -0.355 e. The third kappa shape index (κ3) is 5.47. The summed E-state index contributed by atoms with van der Waals surface area (Å²) in [6.07, 6.45) is 1.65. The summed E-state index contributed by atoms with van der Waals surface area (Å²) in [5.41, 5.74) is 0. The van der Waals surface area contributed by atoms with E-state index in [4.69, 9.17) is 0 Å². The summed E-state index contributed by atoms with van der Waals surface area (Å²) in [5.74, 6) is -0.0614. The fourth-order valence-corrected chi connectivity index (χ4v) is 2.78. The summed E-state index contributed by atoms with van der Waals surface area (Å²) in [4.78, 5) is 11.7. The molecule has 1 saturated heterocycles. The first-order chi connectivity index (χ1) is 8.05. The maximum atomic E-state index is 11.7. The van der Waals surface area contributed by atoms with Gasteiger partial charge in [0.25, 0.3) is 0 Å². The summed E-state index contributed by atoms with van der Waals surface area (Å²) in [6, 6.07) is 0. The highest BCUT2D eigenvalue weighted by molar-refractivity contribution is 7.89. The lowest BCUT2D eigenvalue weighted by molar-refractivity contribution is -0.125. The Labute approximate surface area is 103 Å². The van der Waals surface area contributed by atoms with E-state index in [1.165, 1.54) is 0 Å². The third-order valence-electron chi connectivity index (χ3n) is 2.74. The second-order valence-electron chi connectivity index (χ2n) is 4.13. The fourth-order valence-electron chi connectivity index (χ4n) is 1.83. The standard InChI is InChI=1S/C10H21N3O3S/c1-2-13-17(15,16)8-7-12-10(14)9-3-5-11-6-4-9/h9,11,13H,2-8H2,1H3,(H,12,14). The van der Waals surface area contributed by atoms with E-state index in [1.807, 2.05) is 0 Å². The summed E-state index contributed by atoms with van der Waals surface area (Å²) in [7, 11) is -3.24. The van der Waals surface area contributed by atoms with E-state index in [-0.39, 0.29) is 24.1 Å². The number of hydrogen-bond donors (Lipinski definition) is 3. The zero-order chi connectivity index (χ0) is 12.7. The minimum absolute atomic E-state index is 0.0260. The molecule has 1 fully saturated rings. The third-order valence-corrected chi connectivity index (χ3v) is 4.21. The van der Waals surface area contributed by atoms with E-state index in [9.17, 15) is 13.2 Å². The minimum atomic E-state index is -3.24. The molecule has 0 radical (unpaired) electrons. The Morgan fingerprint density at radius 2 is 2.00 bits per heavy atom. The lowest BCUT2D eigenvalue weighted by Gasteiger charge is -2.21. The number of carbonyl (C=O) groups is 1. The average Bonchev–Trinajstić information content (AvgIpc) is 2.29. The zero-order valence-corrected chi connectivity index (χ0v) is 11.0. The molecule has 0 unspecified atom stereocenters. The molecule has 17 heavy (non-hydrogen) atoms. The van der Waals surface area contributed by atoms with E-state index >= 15 is 0 Å². The van der Waals surface area contributed by atoms with Crippen molar-refractivity contribution in [3.8, 4) is 0 Å². The number of rotatable bonds is 6. The molecule has 0 aliphatic carbocycles. The number of amides is 1. The lowest BCUT2D eigenvalue weighted by Crippen LogP contribution is -2.40. The van der Waals surface area contributed by atoms with Crippen LogP contribution in [0.2, 0.25) is 0 Å². The van der Waals surface area contributed by atoms with Gasteiger partial charge in [-0.15, -0.1) is 0 Å². The maximum absolute atomic E-state index is 11.7. The summed E-state index contributed by atoms with van der Waals surface area (Å²) in [5, 5.41) is 5.86. The molecule has 3 N–H and O–H groups in total. The van der Waals surface area contributed by atoms with Crippen LogP contribution in [-0.2, 0) is 14.8 Å². The van der Waals surface area contributed by atoms with Crippen molar-refractivity contribution in [1.29, 1.82) is 0 Å². The van der Waals surface area contributed by atoms with Crippen molar-refractivity contribution in [3.63, 3.8) is 0 Å². The molecule has 0 aromatic carbocycles. The Hall–Kier alpha value is -0.660. The number of sulfonamides is 1. The van der Waals surface area contributed by atoms with Gasteiger partial charge in [-0.05, 0) is 25.9 Å². The highest BCUT2D eigenvalue weighted by Crippen LogP contribution is 2.10. The van der Waals surface area contributed by atoms with E-state index in [2.05, 4.69) is 15.4 Å². The Bertz CT molecular complexity index is 337. The number of hydrogen-bond acceptors (Lipinski definition) is 4. The van der Waals surface area contributed by atoms with Gasteiger partial charge in [0.1, 0.15) is 0 Å². The van der Waals surface area contributed by atoms with Crippen molar-refractivity contribution in [2.75, 3.05) is 31.9 Å². The Kier molecular flexibility index (Phi) is 5.87. The highest BCUT2D eigenvalue weighted by Gasteiger charge is 2.20. The molecule has 6 nitrogen and oxygen atoms in total. The van der Waals surface area contributed by atoms with Gasteiger partial charge in [0.2, 0.25) is 15.9 Å². The molecule has 1 amide bonds. The Morgan fingerprint density at radius 3 is 2.59 bits per heavy atom. The molecule has 0 aromatic rings. The molecule has 7 heteroatoms. The first kappa shape index (κ1) is 14.4. The van der Waals surface area contributed by atoms with Crippen molar-refractivity contribution in [3.05, 3.63) is 0 Å². The summed E-state index contributed by atoms with van der Waals surface area (Å²) < 4.78 is 25.0. The van der Waals surface area contributed by atoms with E-state index in [0.717, 1.165) is 25.9 Å². The van der Waals surface area contributed by atoms with E-state index in [1.54, 1.807) is 6.92 Å². The SMILES string of the molecule is CCNS(=O)(=O)CCNC(=O)C1CCNCC1. The van der Waals surface area contributed by atoms with Gasteiger partial charge in [-0.25, -0.2) is 13.1 Å². The van der Waals surface area contributed by atoms with E-state index in [0.29, 0.717) is 6.54 Å². The van der Waals surface area contributed by atoms with Crippen molar-refractivity contribution in [1.82, 2.24) is 15.4 Å². The van der Waals surface area contributed by atoms with Crippen LogP contribution < -0.4 is 15.4 Å².